The quantitative estimate of drug-likeness (QED) is 0.835. The second-order valence-electron chi connectivity index (χ2n) is 4.15. The van der Waals surface area contributed by atoms with Gasteiger partial charge in [0.1, 0.15) is 0 Å². The van der Waals surface area contributed by atoms with Crippen LogP contribution in [0.15, 0.2) is 54.6 Å². The van der Waals surface area contributed by atoms with Crippen LogP contribution < -0.4 is 0 Å². The molecule has 0 fully saturated rings. The summed E-state index contributed by atoms with van der Waals surface area (Å²) in [5.41, 5.74) is 2.25. The maximum atomic E-state index is 11.2. The fraction of sp³-hybridized carbons (Fsp3) is 0. The standard InChI is InChI=1S/C16H12O4/c17-15(18)9-8-11-4-3-5-12(10-11)13-6-1-2-7-14(13)16(19)20/h1-10H,(H,17,18)(H,19,20)/b9-8+. The Hall–Kier alpha value is -2.88. The molecule has 0 aliphatic heterocycles. The minimum atomic E-state index is -1.03. The van der Waals surface area contributed by atoms with Crippen molar-refractivity contribution in [3.8, 4) is 11.1 Å². The summed E-state index contributed by atoms with van der Waals surface area (Å²) >= 11 is 0. The molecule has 0 unspecified atom stereocenters. The van der Waals surface area contributed by atoms with E-state index in [1.165, 1.54) is 12.1 Å². The predicted molar refractivity (Wildman–Crippen MR) is 75.5 cm³/mol. The number of aromatic carboxylic acids is 1. The highest BCUT2D eigenvalue weighted by Crippen LogP contribution is 2.25. The lowest BCUT2D eigenvalue weighted by molar-refractivity contribution is -0.131. The number of rotatable bonds is 4. The molecule has 4 nitrogen and oxygen atoms in total. The van der Waals surface area contributed by atoms with E-state index in [1.54, 1.807) is 42.5 Å². The monoisotopic (exact) mass is 268 g/mol. The first kappa shape index (κ1) is 13.5. The van der Waals surface area contributed by atoms with Crippen LogP contribution in [0.1, 0.15) is 15.9 Å². The molecule has 100 valence electrons. The summed E-state index contributed by atoms with van der Waals surface area (Å²) in [6.07, 6.45) is 2.51. The van der Waals surface area contributed by atoms with Crippen molar-refractivity contribution in [2.24, 2.45) is 0 Å². The Morgan fingerprint density at radius 2 is 1.70 bits per heavy atom. The highest BCUT2D eigenvalue weighted by Gasteiger charge is 2.10. The number of aliphatic carboxylic acids is 1. The largest absolute Gasteiger partial charge is 0.478 e. The Morgan fingerprint density at radius 3 is 2.40 bits per heavy atom. The van der Waals surface area contributed by atoms with E-state index in [0.717, 1.165) is 11.6 Å². The van der Waals surface area contributed by atoms with Crippen molar-refractivity contribution < 1.29 is 19.8 Å². The summed E-state index contributed by atoms with van der Waals surface area (Å²) < 4.78 is 0. The fourth-order valence-corrected chi connectivity index (χ4v) is 1.90. The van der Waals surface area contributed by atoms with Crippen molar-refractivity contribution >= 4 is 18.0 Å². The van der Waals surface area contributed by atoms with Crippen LogP contribution in [0.4, 0.5) is 0 Å². The minimum absolute atomic E-state index is 0.215. The van der Waals surface area contributed by atoms with E-state index in [9.17, 15) is 14.7 Å². The number of carboxylic acids is 2. The molecule has 0 aromatic heterocycles. The third kappa shape index (κ3) is 3.11. The topological polar surface area (TPSA) is 74.6 Å². The lowest BCUT2D eigenvalue weighted by Gasteiger charge is -2.06. The molecule has 0 saturated heterocycles. The van der Waals surface area contributed by atoms with Crippen LogP contribution in [0, 0.1) is 0 Å². The van der Waals surface area contributed by atoms with Gasteiger partial charge in [-0.25, -0.2) is 9.59 Å². The molecule has 0 saturated carbocycles. The second-order valence-corrected chi connectivity index (χ2v) is 4.15. The Labute approximate surface area is 115 Å². The minimum Gasteiger partial charge on any atom is -0.478 e. The van der Waals surface area contributed by atoms with Crippen molar-refractivity contribution in [1.82, 2.24) is 0 Å². The number of carbonyl (C=O) groups is 2. The van der Waals surface area contributed by atoms with Crippen LogP contribution in [-0.4, -0.2) is 22.2 Å². The maximum Gasteiger partial charge on any atom is 0.336 e. The molecule has 2 N–H and O–H groups in total. The normalized spacial score (nSPS) is 10.6. The molecule has 0 heterocycles. The van der Waals surface area contributed by atoms with E-state index in [4.69, 9.17) is 5.11 Å². The molecule has 0 aliphatic rings. The van der Waals surface area contributed by atoms with E-state index in [0.29, 0.717) is 11.1 Å². The molecule has 0 amide bonds. The van der Waals surface area contributed by atoms with Crippen LogP contribution in [0.2, 0.25) is 0 Å². The highest BCUT2D eigenvalue weighted by atomic mass is 16.4. The van der Waals surface area contributed by atoms with Gasteiger partial charge in [-0.05, 0) is 34.9 Å². The molecule has 2 aromatic rings. The van der Waals surface area contributed by atoms with Gasteiger partial charge in [0.05, 0.1) is 5.56 Å². The molecule has 0 atom stereocenters. The summed E-state index contributed by atoms with van der Waals surface area (Å²) in [4.78, 5) is 21.7. The average Bonchev–Trinajstić information content (AvgIpc) is 2.45. The van der Waals surface area contributed by atoms with Crippen LogP contribution in [-0.2, 0) is 4.79 Å². The van der Waals surface area contributed by atoms with Gasteiger partial charge in [-0.15, -0.1) is 0 Å². The molecule has 0 aliphatic carbocycles. The van der Waals surface area contributed by atoms with Gasteiger partial charge in [-0.1, -0.05) is 36.4 Å². The Morgan fingerprint density at radius 1 is 0.950 bits per heavy atom. The molecule has 4 heteroatoms. The van der Waals surface area contributed by atoms with Crippen LogP contribution >= 0.6 is 0 Å². The Balaban J connectivity index is 2.46. The second kappa shape index (κ2) is 5.84. The molecule has 20 heavy (non-hydrogen) atoms. The number of hydrogen-bond acceptors (Lipinski definition) is 2. The molecule has 2 aromatic carbocycles. The summed E-state index contributed by atoms with van der Waals surface area (Å²) in [5, 5.41) is 17.8. The molecule has 2 rings (SSSR count). The first-order valence-electron chi connectivity index (χ1n) is 5.91. The highest BCUT2D eigenvalue weighted by molar-refractivity contribution is 5.96. The molecule has 0 spiro atoms. The van der Waals surface area contributed by atoms with Gasteiger partial charge in [-0.2, -0.15) is 0 Å². The van der Waals surface area contributed by atoms with Gasteiger partial charge in [-0.3, -0.25) is 0 Å². The van der Waals surface area contributed by atoms with Crippen LogP contribution in [0.5, 0.6) is 0 Å². The third-order valence-corrected chi connectivity index (χ3v) is 2.77. The lowest BCUT2D eigenvalue weighted by Crippen LogP contribution is -1.99. The van der Waals surface area contributed by atoms with Crippen molar-refractivity contribution in [1.29, 1.82) is 0 Å². The van der Waals surface area contributed by atoms with Crippen molar-refractivity contribution in [3.05, 3.63) is 65.7 Å². The van der Waals surface area contributed by atoms with E-state index < -0.39 is 11.9 Å². The fourth-order valence-electron chi connectivity index (χ4n) is 1.90. The summed E-state index contributed by atoms with van der Waals surface area (Å²) in [5.74, 6) is -2.02. The number of hydrogen-bond donors (Lipinski definition) is 2. The summed E-state index contributed by atoms with van der Waals surface area (Å²) in [6, 6.07) is 13.8. The zero-order chi connectivity index (χ0) is 14.5. The van der Waals surface area contributed by atoms with Crippen molar-refractivity contribution in [2.75, 3.05) is 0 Å². The van der Waals surface area contributed by atoms with Gasteiger partial charge in [0.25, 0.3) is 0 Å². The summed E-state index contributed by atoms with van der Waals surface area (Å²) in [7, 11) is 0. The molecular weight excluding hydrogens is 256 g/mol. The molecular formula is C16H12O4. The third-order valence-electron chi connectivity index (χ3n) is 2.77. The van der Waals surface area contributed by atoms with E-state index in [2.05, 4.69) is 0 Å². The van der Waals surface area contributed by atoms with Gasteiger partial charge in [0, 0.05) is 6.08 Å². The molecule has 0 radical (unpaired) electrons. The first-order chi connectivity index (χ1) is 9.58. The van der Waals surface area contributed by atoms with Gasteiger partial charge in [0.2, 0.25) is 0 Å². The van der Waals surface area contributed by atoms with Gasteiger partial charge >= 0.3 is 11.9 Å². The van der Waals surface area contributed by atoms with Gasteiger partial charge in [0.15, 0.2) is 0 Å². The van der Waals surface area contributed by atoms with Crippen molar-refractivity contribution in [3.63, 3.8) is 0 Å². The van der Waals surface area contributed by atoms with Crippen molar-refractivity contribution in [2.45, 2.75) is 0 Å². The zero-order valence-corrected chi connectivity index (χ0v) is 10.5. The Bertz CT molecular complexity index is 686. The van der Waals surface area contributed by atoms with E-state index >= 15 is 0 Å². The first-order valence-corrected chi connectivity index (χ1v) is 5.91. The lowest BCUT2D eigenvalue weighted by atomic mass is 9.98. The van der Waals surface area contributed by atoms with E-state index in [-0.39, 0.29) is 5.56 Å². The zero-order valence-electron chi connectivity index (χ0n) is 10.5. The average molecular weight is 268 g/mol. The smallest absolute Gasteiger partial charge is 0.336 e. The predicted octanol–water partition coefficient (Wildman–Crippen LogP) is 3.15. The van der Waals surface area contributed by atoms with E-state index in [1.807, 2.05) is 0 Å². The van der Waals surface area contributed by atoms with Gasteiger partial charge < -0.3 is 10.2 Å². The maximum absolute atomic E-state index is 11.2. The number of carboxylic acid groups (broad SMARTS) is 2. The van der Waals surface area contributed by atoms with Crippen LogP contribution in [0.3, 0.4) is 0 Å². The molecule has 0 bridgehead atoms. The number of benzene rings is 2. The summed E-state index contributed by atoms with van der Waals surface area (Å²) in [6.45, 7) is 0. The Kier molecular flexibility index (Phi) is 3.96. The SMILES string of the molecule is O=C(O)/C=C/c1cccc(-c2ccccc2C(=O)O)c1. The van der Waals surface area contributed by atoms with Crippen LogP contribution in [0.25, 0.3) is 17.2 Å².